The van der Waals surface area contributed by atoms with E-state index in [1.54, 1.807) is 24.3 Å². The molecule has 1 aliphatic carbocycles. The smallest absolute Gasteiger partial charge is 0.237 e. The number of carbonyl (C=O) groups is 2. The number of hydrogen-bond acceptors (Lipinski definition) is 2. The van der Waals surface area contributed by atoms with Crippen LogP contribution in [0.4, 0.5) is 5.69 Å². The fraction of sp³-hybridized carbons (Fsp3) is 0.300. The second-order valence-corrected chi connectivity index (χ2v) is 7.00. The van der Waals surface area contributed by atoms with Gasteiger partial charge in [0.25, 0.3) is 0 Å². The van der Waals surface area contributed by atoms with Crippen molar-refractivity contribution in [3.05, 3.63) is 65.2 Å². The van der Waals surface area contributed by atoms with Gasteiger partial charge in [-0.1, -0.05) is 54.1 Å². The number of halogens is 1. The predicted molar refractivity (Wildman–Crippen MR) is 94.0 cm³/mol. The molecule has 2 aliphatic rings. The summed E-state index contributed by atoms with van der Waals surface area (Å²) >= 11 is 6.21. The van der Waals surface area contributed by atoms with E-state index in [9.17, 15) is 9.59 Å². The second-order valence-electron chi connectivity index (χ2n) is 6.60. The number of benzene rings is 2. The van der Waals surface area contributed by atoms with E-state index in [1.807, 2.05) is 18.2 Å². The Morgan fingerprint density at radius 2 is 1.50 bits per heavy atom. The van der Waals surface area contributed by atoms with Crippen LogP contribution >= 0.6 is 11.6 Å². The van der Waals surface area contributed by atoms with Crippen molar-refractivity contribution in [3.63, 3.8) is 0 Å². The van der Waals surface area contributed by atoms with Crippen LogP contribution in [0, 0.1) is 11.8 Å². The van der Waals surface area contributed by atoms with E-state index in [0.29, 0.717) is 16.6 Å². The van der Waals surface area contributed by atoms with Crippen molar-refractivity contribution in [2.24, 2.45) is 11.8 Å². The maximum absolute atomic E-state index is 12.9. The van der Waals surface area contributed by atoms with Crippen LogP contribution in [0.2, 0.25) is 5.02 Å². The van der Waals surface area contributed by atoms with E-state index in [-0.39, 0.29) is 23.7 Å². The highest BCUT2D eigenvalue weighted by atomic mass is 35.5. The fourth-order valence-corrected chi connectivity index (χ4v) is 4.30. The second kappa shape index (κ2) is 6.06. The Morgan fingerprint density at radius 1 is 0.833 bits per heavy atom. The van der Waals surface area contributed by atoms with Gasteiger partial charge in [0.15, 0.2) is 0 Å². The van der Waals surface area contributed by atoms with Crippen molar-refractivity contribution in [1.82, 2.24) is 0 Å². The molecule has 24 heavy (non-hydrogen) atoms. The molecule has 1 heterocycles. The van der Waals surface area contributed by atoms with Crippen LogP contribution in [0.25, 0.3) is 0 Å². The van der Waals surface area contributed by atoms with Gasteiger partial charge in [0.1, 0.15) is 0 Å². The Morgan fingerprint density at radius 3 is 2.25 bits per heavy atom. The Bertz CT molecular complexity index is 789. The van der Waals surface area contributed by atoms with Gasteiger partial charge in [-0.05, 0) is 42.9 Å². The highest BCUT2D eigenvalue weighted by molar-refractivity contribution is 6.36. The molecule has 0 N–H and O–H groups in total. The Labute approximate surface area is 146 Å². The molecule has 2 amide bonds. The molecule has 1 saturated heterocycles. The number of carbonyl (C=O) groups excluding carboxylic acids is 2. The van der Waals surface area contributed by atoms with E-state index < -0.39 is 0 Å². The first-order valence-electron chi connectivity index (χ1n) is 8.34. The zero-order chi connectivity index (χ0) is 16.7. The number of imide groups is 1. The zero-order valence-electron chi connectivity index (χ0n) is 13.2. The average Bonchev–Trinajstić information content (AvgIpc) is 2.87. The summed E-state index contributed by atoms with van der Waals surface area (Å²) in [6, 6.07) is 17.3. The van der Waals surface area contributed by atoms with Crippen molar-refractivity contribution < 1.29 is 9.59 Å². The molecule has 2 aromatic carbocycles. The SMILES string of the molecule is O=C1[C@@H]2CC[C@H](c3ccccc3)C[C@H]2C(=O)N1c1ccccc1Cl. The third-order valence-corrected chi connectivity index (χ3v) is 5.61. The first-order valence-corrected chi connectivity index (χ1v) is 8.72. The number of rotatable bonds is 2. The van der Waals surface area contributed by atoms with Gasteiger partial charge in [0.2, 0.25) is 11.8 Å². The summed E-state index contributed by atoms with van der Waals surface area (Å²) in [7, 11) is 0. The van der Waals surface area contributed by atoms with E-state index >= 15 is 0 Å². The molecule has 1 aliphatic heterocycles. The maximum atomic E-state index is 12.9. The van der Waals surface area contributed by atoms with Gasteiger partial charge in [-0.15, -0.1) is 0 Å². The first-order chi connectivity index (χ1) is 11.7. The Balaban J connectivity index is 1.63. The van der Waals surface area contributed by atoms with Gasteiger partial charge in [-0.25, -0.2) is 4.90 Å². The minimum Gasteiger partial charge on any atom is -0.274 e. The van der Waals surface area contributed by atoms with E-state index in [2.05, 4.69) is 12.1 Å². The molecule has 3 atom stereocenters. The molecule has 0 aromatic heterocycles. The number of hydrogen-bond donors (Lipinski definition) is 0. The number of fused-ring (bicyclic) bond motifs is 1. The van der Waals surface area contributed by atoms with Gasteiger partial charge < -0.3 is 0 Å². The molecule has 1 saturated carbocycles. The van der Waals surface area contributed by atoms with E-state index in [0.717, 1.165) is 19.3 Å². The zero-order valence-corrected chi connectivity index (χ0v) is 13.9. The third kappa shape index (κ3) is 2.44. The van der Waals surface area contributed by atoms with Crippen LogP contribution in [0.1, 0.15) is 30.7 Å². The quantitative estimate of drug-likeness (QED) is 0.760. The highest BCUT2D eigenvalue weighted by Crippen LogP contribution is 2.46. The van der Waals surface area contributed by atoms with Crippen LogP contribution in [-0.4, -0.2) is 11.8 Å². The molecule has 3 nitrogen and oxygen atoms in total. The van der Waals surface area contributed by atoms with Crippen molar-refractivity contribution in [2.45, 2.75) is 25.2 Å². The van der Waals surface area contributed by atoms with Gasteiger partial charge in [-0.2, -0.15) is 0 Å². The van der Waals surface area contributed by atoms with Crippen LogP contribution < -0.4 is 4.90 Å². The molecule has 4 rings (SSSR count). The van der Waals surface area contributed by atoms with E-state index in [1.165, 1.54) is 10.5 Å². The molecule has 0 unspecified atom stereocenters. The van der Waals surface area contributed by atoms with Crippen LogP contribution in [-0.2, 0) is 9.59 Å². The summed E-state index contributed by atoms with van der Waals surface area (Å²) in [6.45, 7) is 0. The number of anilines is 1. The van der Waals surface area contributed by atoms with Crippen molar-refractivity contribution in [2.75, 3.05) is 4.90 Å². The van der Waals surface area contributed by atoms with Crippen molar-refractivity contribution >= 4 is 29.1 Å². The van der Waals surface area contributed by atoms with E-state index in [4.69, 9.17) is 11.6 Å². The van der Waals surface area contributed by atoms with Crippen molar-refractivity contribution in [1.29, 1.82) is 0 Å². The van der Waals surface area contributed by atoms with Crippen LogP contribution in [0.5, 0.6) is 0 Å². The molecule has 0 radical (unpaired) electrons. The first kappa shape index (κ1) is 15.4. The predicted octanol–water partition coefficient (Wildman–Crippen LogP) is 4.41. The summed E-state index contributed by atoms with van der Waals surface area (Å²) in [5.74, 6) is -0.278. The number of para-hydroxylation sites is 1. The molecular weight excluding hydrogens is 322 g/mol. The summed E-state index contributed by atoms with van der Waals surface area (Å²) in [5, 5.41) is 0.442. The minimum absolute atomic E-state index is 0.0930. The average molecular weight is 340 g/mol. The summed E-state index contributed by atoms with van der Waals surface area (Å²) in [5.41, 5.74) is 1.77. The fourth-order valence-electron chi connectivity index (χ4n) is 4.08. The molecule has 0 spiro atoms. The summed E-state index contributed by atoms with van der Waals surface area (Å²) in [6.07, 6.45) is 2.44. The minimum atomic E-state index is -0.229. The number of amides is 2. The third-order valence-electron chi connectivity index (χ3n) is 5.29. The summed E-state index contributed by atoms with van der Waals surface area (Å²) < 4.78 is 0. The molecule has 2 aromatic rings. The lowest BCUT2D eigenvalue weighted by atomic mass is 9.73. The summed E-state index contributed by atoms with van der Waals surface area (Å²) in [4.78, 5) is 27.0. The lowest BCUT2D eigenvalue weighted by molar-refractivity contribution is -0.122. The molecular formula is C20H18ClNO2. The molecule has 0 bridgehead atoms. The standard InChI is InChI=1S/C20H18ClNO2/c21-17-8-4-5-9-18(17)22-19(23)15-11-10-14(12-16(15)20(22)24)13-6-2-1-3-7-13/h1-9,14-16H,10-12H2/t14-,15+,16+/m0/s1. The molecule has 122 valence electrons. The monoisotopic (exact) mass is 339 g/mol. The Hall–Kier alpha value is -2.13. The number of nitrogens with zero attached hydrogens (tertiary/aromatic N) is 1. The lowest BCUT2D eigenvalue weighted by Crippen LogP contribution is -2.31. The molecule has 4 heteroatoms. The normalized spacial score (nSPS) is 26.5. The maximum Gasteiger partial charge on any atom is 0.237 e. The van der Waals surface area contributed by atoms with Gasteiger partial charge >= 0.3 is 0 Å². The Kier molecular flexibility index (Phi) is 3.89. The topological polar surface area (TPSA) is 37.4 Å². The van der Waals surface area contributed by atoms with Gasteiger partial charge in [0.05, 0.1) is 22.5 Å². The highest BCUT2D eigenvalue weighted by Gasteiger charge is 2.51. The molecule has 2 fully saturated rings. The van der Waals surface area contributed by atoms with Crippen LogP contribution in [0.15, 0.2) is 54.6 Å². The van der Waals surface area contributed by atoms with Gasteiger partial charge in [-0.3, -0.25) is 9.59 Å². The largest absolute Gasteiger partial charge is 0.274 e. The van der Waals surface area contributed by atoms with Crippen molar-refractivity contribution in [3.8, 4) is 0 Å². The van der Waals surface area contributed by atoms with Gasteiger partial charge in [0, 0.05) is 0 Å². The lowest BCUT2D eigenvalue weighted by Gasteiger charge is -2.28. The van der Waals surface area contributed by atoms with Crippen LogP contribution in [0.3, 0.4) is 0 Å².